The molecule has 0 atom stereocenters. The Kier molecular flexibility index (Phi) is 5.01. The van der Waals surface area contributed by atoms with Gasteiger partial charge in [-0.15, -0.1) is 0 Å². The van der Waals surface area contributed by atoms with Gasteiger partial charge in [0.2, 0.25) is 0 Å². The van der Waals surface area contributed by atoms with Crippen molar-refractivity contribution in [1.82, 2.24) is 0 Å². The highest BCUT2D eigenvalue weighted by molar-refractivity contribution is 5.98. The van der Waals surface area contributed by atoms with E-state index in [4.69, 9.17) is 16.2 Å². The molecule has 0 spiro atoms. The molecule has 0 radical (unpaired) electrons. The minimum Gasteiger partial charge on any atom is -0.462 e. The minimum atomic E-state index is -0.397. The van der Waals surface area contributed by atoms with Gasteiger partial charge in [-0.1, -0.05) is 13.8 Å². The highest BCUT2D eigenvalue weighted by atomic mass is 16.5. The molecule has 1 aromatic carbocycles. The molecule has 0 saturated heterocycles. The maximum absolute atomic E-state index is 11.9. The lowest BCUT2D eigenvalue weighted by Gasteiger charge is -2.10. The standard InChI is InChI=1S/C14H22N2O2/c1-9(2)5-4-6-18-14(17)11-7-10(3)8-12(15)13(11)16/h7-9H,4-6,15-16H2,1-3H3. The first-order valence-electron chi connectivity index (χ1n) is 6.24. The van der Waals surface area contributed by atoms with Gasteiger partial charge in [0.1, 0.15) is 0 Å². The fraction of sp³-hybridized carbons (Fsp3) is 0.500. The molecule has 4 N–H and O–H groups in total. The van der Waals surface area contributed by atoms with Gasteiger partial charge in [0, 0.05) is 0 Å². The van der Waals surface area contributed by atoms with Crippen LogP contribution in [0.5, 0.6) is 0 Å². The topological polar surface area (TPSA) is 78.3 Å². The molecule has 0 aliphatic heterocycles. The number of aryl methyl sites for hydroxylation is 1. The summed E-state index contributed by atoms with van der Waals surface area (Å²) in [5.74, 6) is 0.218. The van der Waals surface area contributed by atoms with E-state index in [0.717, 1.165) is 18.4 Å². The summed E-state index contributed by atoms with van der Waals surface area (Å²) in [4.78, 5) is 11.9. The number of rotatable bonds is 5. The molecule has 0 amide bonds. The Morgan fingerprint density at radius 1 is 1.33 bits per heavy atom. The van der Waals surface area contributed by atoms with E-state index in [0.29, 0.717) is 29.5 Å². The Hall–Kier alpha value is -1.71. The smallest absolute Gasteiger partial charge is 0.340 e. The number of anilines is 2. The Bertz CT molecular complexity index is 428. The van der Waals surface area contributed by atoms with Crippen molar-refractivity contribution in [3.63, 3.8) is 0 Å². The number of hydrogen-bond acceptors (Lipinski definition) is 4. The predicted molar refractivity (Wildman–Crippen MR) is 74.4 cm³/mol. The zero-order chi connectivity index (χ0) is 13.7. The number of benzene rings is 1. The third-order valence-electron chi connectivity index (χ3n) is 2.74. The van der Waals surface area contributed by atoms with Crippen LogP contribution in [0.4, 0.5) is 11.4 Å². The second kappa shape index (κ2) is 6.28. The summed E-state index contributed by atoms with van der Waals surface area (Å²) in [6.45, 7) is 6.57. The number of esters is 1. The van der Waals surface area contributed by atoms with E-state index in [2.05, 4.69) is 13.8 Å². The average molecular weight is 250 g/mol. The third-order valence-corrected chi connectivity index (χ3v) is 2.74. The molecule has 0 saturated carbocycles. The van der Waals surface area contributed by atoms with Crippen LogP contribution in [0.15, 0.2) is 12.1 Å². The van der Waals surface area contributed by atoms with Crippen LogP contribution in [0.3, 0.4) is 0 Å². The van der Waals surface area contributed by atoms with Crippen LogP contribution < -0.4 is 11.5 Å². The van der Waals surface area contributed by atoms with E-state index in [1.807, 2.05) is 6.92 Å². The molecule has 0 heterocycles. The maximum atomic E-state index is 11.9. The first-order valence-corrected chi connectivity index (χ1v) is 6.24. The molecular weight excluding hydrogens is 228 g/mol. The van der Waals surface area contributed by atoms with Crippen molar-refractivity contribution < 1.29 is 9.53 Å². The molecule has 0 unspecified atom stereocenters. The minimum absolute atomic E-state index is 0.300. The Morgan fingerprint density at radius 3 is 2.61 bits per heavy atom. The van der Waals surface area contributed by atoms with Gasteiger partial charge in [-0.05, 0) is 43.4 Å². The summed E-state index contributed by atoms with van der Waals surface area (Å²) in [5, 5.41) is 0. The van der Waals surface area contributed by atoms with Gasteiger partial charge in [-0.3, -0.25) is 0 Å². The van der Waals surface area contributed by atoms with Crippen LogP contribution in [0.25, 0.3) is 0 Å². The van der Waals surface area contributed by atoms with Gasteiger partial charge in [-0.25, -0.2) is 4.79 Å². The lowest BCUT2D eigenvalue weighted by molar-refractivity contribution is 0.0496. The van der Waals surface area contributed by atoms with Crippen molar-refractivity contribution >= 4 is 17.3 Å². The largest absolute Gasteiger partial charge is 0.462 e. The summed E-state index contributed by atoms with van der Waals surface area (Å²) in [5.41, 5.74) is 13.5. The number of carbonyl (C=O) groups excluding carboxylic acids is 1. The Balaban J connectivity index is 2.62. The van der Waals surface area contributed by atoms with Crippen LogP contribution >= 0.6 is 0 Å². The number of carbonyl (C=O) groups is 1. The van der Waals surface area contributed by atoms with E-state index < -0.39 is 5.97 Å². The van der Waals surface area contributed by atoms with Gasteiger partial charge >= 0.3 is 5.97 Å². The van der Waals surface area contributed by atoms with Crippen molar-refractivity contribution in [3.8, 4) is 0 Å². The number of ether oxygens (including phenoxy) is 1. The van der Waals surface area contributed by atoms with Crippen molar-refractivity contribution in [3.05, 3.63) is 23.3 Å². The van der Waals surface area contributed by atoms with Gasteiger partial charge in [-0.2, -0.15) is 0 Å². The first kappa shape index (κ1) is 14.4. The number of nitrogens with two attached hydrogens (primary N) is 2. The van der Waals surface area contributed by atoms with Crippen molar-refractivity contribution in [2.24, 2.45) is 5.92 Å². The molecule has 1 rings (SSSR count). The highest BCUT2D eigenvalue weighted by Gasteiger charge is 2.13. The zero-order valence-corrected chi connectivity index (χ0v) is 11.3. The van der Waals surface area contributed by atoms with Crippen molar-refractivity contribution in [2.45, 2.75) is 33.6 Å². The van der Waals surface area contributed by atoms with E-state index in [1.165, 1.54) is 0 Å². The normalized spacial score (nSPS) is 10.7. The summed E-state index contributed by atoms with van der Waals surface area (Å²) in [6.07, 6.45) is 1.91. The SMILES string of the molecule is Cc1cc(N)c(N)c(C(=O)OCCCC(C)C)c1. The van der Waals surface area contributed by atoms with E-state index in [9.17, 15) is 4.79 Å². The average Bonchev–Trinajstić information content (AvgIpc) is 2.28. The molecule has 0 bridgehead atoms. The fourth-order valence-corrected chi connectivity index (χ4v) is 1.73. The molecule has 100 valence electrons. The molecule has 0 aromatic heterocycles. The highest BCUT2D eigenvalue weighted by Crippen LogP contribution is 2.23. The molecule has 0 aliphatic carbocycles. The Morgan fingerprint density at radius 2 is 2.00 bits per heavy atom. The number of hydrogen-bond donors (Lipinski definition) is 2. The van der Waals surface area contributed by atoms with E-state index in [-0.39, 0.29) is 0 Å². The molecule has 4 nitrogen and oxygen atoms in total. The first-order chi connectivity index (χ1) is 8.41. The predicted octanol–water partition coefficient (Wildman–Crippen LogP) is 2.75. The van der Waals surface area contributed by atoms with Crippen LogP contribution in [0, 0.1) is 12.8 Å². The van der Waals surface area contributed by atoms with Crippen LogP contribution in [0.2, 0.25) is 0 Å². The summed E-state index contributed by atoms with van der Waals surface area (Å²) < 4.78 is 5.19. The van der Waals surface area contributed by atoms with Crippen molar-refractivity contribution in [1.29, 1.82) is 0 Å². The number of nitrogen functional groups attached to an aromatic ring is 2. The molecule has 18 heavy (non-hydrogen) atoms. The van der Waals surface area contributed by atoms with Crippen molar-refractivity contribution in [2.75, 3.05) is 18.1 Å². The fourth-order valence-electron chi connectivity index (χ4n) is 1.73. The molecule has 0 aliphatic rings. The quantitative estimate of drug-likeness (QED) is 0.478. The van der Waals surface area contributed by atoms with Gasteiger partial charge in [0.15, 0.2) is 0 Å². The van der Waals surface area contributed by atoms with Crippen LogP contribution in [-0.4, -0.2) is 12.6 Å². The zero-order valence-electron chi connectivity index (χ0n) is 11.3. The second-order valence-corrected chi connectivity index (χ2v) is 4.99. The van der Waals surface area contributed by atoms with E-state index >= 15 is 0 Å². The van der Waals surface area contributed by atoms with Gasteiger partial charge in [0.05, 0.1) is 23.5 Å². The van der Waals surface area contributed by atoms with E-state index in [1.54, 1.807) is 12.1 Å². The van der Waals surface area contributed by atoms with Gasteiger partial charge in [0.25, 0.3) is 0 Å². The van der Waals surface area contributed by atoms with Crippen LogP contribution in [0.1, 0.15) is 42.6 Å². The van der Waals surface area contributed by atoms with Crippen LogP contribution in [-0.2, 0) is 4.74 Å². The second-order valence-electron chi connectivity index (χ2n) is 4.99. The molecule has 4 heteroatoms. The summed E-state index contributed by atoms with van der Waals surface area (Å²) >= 11 is 0. The molecule has 1 aromatic rings. The Labute approximate surface area is 108 Å². The van der Waals surface area contributed by atoms with Gasteiger partial charge < -0.3 is 16.2 Å². The maximum Gasteiger partial charge on any atom is 0.340 e. The molecular formula is C14H22N2O2. The monoisotopic (exact) mass is 250 g/mol. The summed E-state index contributed by atoms with van der Waals surface area (Å²) in [6, 6.07) is 3.45. The molecule has 0 fully saturated rings. The summed E-state index contributed by atoms with van der Waals surface area (Å²) in [7, 11) is 0. The lowest BCUT2D eigenvalue weighted by atomic mass is 10.1. The third kappa shape index (κ3) is 3.95. The lowest BCUT2D eigenvalue weighted by Crippen LogP contribution is -2.11.